The highest BCUT2D eigenvalue weighted by molar-refractivity contribution is 5.97. The van der Waals surface area contributed by atoms with Crippen LogP contribution >= 0.6 is 0 Å². The maximum atomic E-state index is 12.2. The molecular weight excluding hydrogens is 352 g/mol. The monoisotopic (exact) mass is 374 g/mol. The molecule has 0 aliphatic carbocycles. The number of nitrogens with one attached hydrogen (secondary N) is 1. The van der Waals surface area contributed by atoms with E-state index in [0.717, 1.165) is 28.8 Å². The largest absolute Gasteiger partial charge is 0.445 e. The smallest absolute Gasteiger partial charge is 0.259 e. The Hall–Kier alpha value is -3.41. The Balaban J connectivity index is 1.66. The molecule has 4 rings (SSSR count). The number of hydrogen-bond donors (Lipinski definition) is 1. The number of aryl methyl sites for hydroxylation is 1. The van der Waals surface area contributed by atoms with Gasteiger partial charge in [-0.3, -0.25) is 9.89 Å². The summed E-state index contributed by atoms with van der Waals surface area (Å²) in [7, 11) is 0. The lowest BCUT2D eigenvalue weighted by molar-refractivity contribution is -0.135. The molecule has 0 saturated carbocycles. The van der Waals surface area contributed by atoms with Crippen molar-refractivity contribution in [3.63, 3.8) is 0 Å². The Morgan fingerprint density at radius 3 is 2.50 bits per heavy atom. The van der Waals surface area contributed by atoms with Gasteiger partial charge in [-0.05, 0) is 18.9 Å². The van der Waals surface area contributed by atoms with Gasteiger partial charge in [0, 0.05) is 23.6 Å². The Morgan fingerprint density at radius 2 is 1.86 bits per heavy atom. The number of nitrogens with zero attached hydrogens (tertiary/aromatic N) is 3. The second-order valence-electron chi connectivity index (χ2n) is 6.77. The standard InChI is InChI=1S/C22H22N4O2/c1-4-16-10-12-18(13-11-16)22-26(15(3)27)25-21(28-22)20-14(2)19(23-24-20)17-8-6-5-7-9-17/h5-13,22H,4H2,1-3H3,(H,23,24). The number of aromatic nitrogens is 2. The molecule has 0 bridgehead atoms. The number of amides is 1. The predicted molar refractivity (Wildman–Crippen MR) is 107 cm³/mol. The summed E-state index contributed by atoms with van der Waals surface area (Å²) in [6.07, 6.45) is 0.376. The average molecular weight is 374 g/mol. The Labute approximate surface area is 163 Å². The van der Waals surface area contributed by atoms with Gasteiger partial charge in [-0.15, -0.1) is 5.10 Å². The molecule has 28 heavy (non-hydrogen) atoms. The summed E-state index contributed by atoms with van der Waals surface area (Å²) in [5, 5.41) is 13.3. The lowest BCUT2D eigenvalue weighted by Gasteiger charge is -2.19. The van der Waals surface area contributed by atoms with E-state index in [4.69, 9.17) is 4.74 Å². The van der Waals surface area contributed by atoms with Crippen molar-refractivity contribution in [1.82, 2.24) is 15.2 Å². The van der Waals surface area contributed by atoms with Crippen molar-refractivity contribution in [2.24, 2.45) is 5.10 Å². The number of benzene rings is 2. The minimum Gasteiger partial charge on any atom is -0.445 e. The van der Waals surface area contributed by atoms with Gasteiger partial charge >= 0.3 is 0 Å². The van der Waals surface area contributed by atoms with Crippen LogP contribution in [0.1, 0.15) is 42.5 Å². The third-order valence-electron chi connectivity index (χ3n) is 4.91. The van der Waals surface area contributed by atoms with Gasteiger partial charge in [-0.25, -0.2) is 0 Å². The molecule has 6 nitrogen and oxygen atoms in total. The molecule has 0 radical (unpaired) electrons. The van der Waals surface area contributed by atoms with Crippen LogP contribution in [-0.2, 0) is 16.0 Å². The van der Waals surface area contributed by atoms with E-state index in [1.165, 1.54) is 17.5 Å². The zero-order valence-electron chi connectivity index (χ0n) is 16.1. The van der Waals surface area contributed by atoms with Gasteiger partial charge in [0.2, 0.25) is 12.1 Å². The summed E-state index contributed by atoms with van der Waals surface area (Å²) in [6, 6.07) is 18.0. The first-order chi connectivity index (χ1) is 13.6. The van der Waals surface area contributed by atoms with Crippen LogP contribution in [0.15, 0.2) is 59.7 Å². The first-order valence-corrected chi connectivity index (χ1v) is 9.33. The molecule has 1 unspecified atom stereocenters. The molecule has 0 saturated heterocycles. The molecule has 1 atom stereocenters. The van der Waals surface area contributed by atoms with E-state index in [9.17, 15) is 4.79 Å². The van der Waals surface area contributed by atoms with Gasteiger partial charge in [-0.2, -0.15) is 10.1 Å². The minimum absolute atomic E-state index is 0.181. The van der Waals surface area contributed by atoms with E-state index in [1.54, 1.807) is 0 Å². The topological polar surface area (TPSA) is 70.6 Å². The van der Waals surface area contributed by atoms with Crippen molar-refractivity contribution in [3.8, 4) is 11.3 Å². The zero-order chi connectivity index (χ0) is 19.7. The molecule has 1 amide bonds. The van der Waals surface area contributed by atoms with Crippen molar-refractivity contribution >= 4 is 11.8 Å². The van der Waals surface area contributed by atoms with E-state index >= 15 is 0 Å². The quantitative estimate of drug-likeness (QED) is 0.744. The number of aromatic amines is 1. The Morgan fingerprint density at radius 1 is 1.14 bits per heavy atom. The fraction of sp³-hybridized carbons (Fsp3) is 0.227. The molecular formula is C22H22N4O2. The molecule has 1 N–H and O–H groups in total. The summed E-state index contributed by atoms with van der Waals surface area (Å²) >= 11 is 0. The fourth-order valence-electron chi connectivity index (χ4n) is 3.28. The van der Waals surface area contributed by atoms with Gasteiger partial charge in [0.15, 0.2) is 0 Å². The van der Waals surface area contributed by atoms with Crippen molar-refractivity contribution in [1.29, 1.82) is 0 Å². The van der Waals surface area contributed by atoms with E-state index in [1.807, 2.05) is 61.5 Å². The fourth-order valence-corrected chi connectivity index (χ4v) is 3.28. The number of hydrogen-bond acceptors (Lipinski definition) is 4. The van der Waals surface area contributed by atoms with Gasteiger partial charge in [0.05, 0.1) is 5.69 Å². The van der Waals surface area contributed by atoms with Crippen LogP contribution in [0.25, 0.3) is 11.3 Å². The Bertz CT molecular complexity index is 1020. The van der Waals surface area contributed by atoms with E-state index in [-0.39, 0.29) is 5.91 Å². The summed E-state index contributed by atoms with van der Waals surface area (Å²) < 4.78 is 6.09. The van der Waals surface area contributed by atoms with Crippen LogP contribution in [0.2, 0.25) is 0 Å². The number of carbonyl (C=O) groups is 1. The lowest BCUT2D eigenvalue weighted by Crippen LogP contribution is -2.25. The number of hydrazone groups is 1. The zero-order valence-corrected chi connectivity index (χ0v) is 16.1. The SMILES string of the molecule is CCc1ccc(C2OC(c3[nH]nc(-c4ccccc4)c3C)=NN2C(C)=O)cc1. The van der Waals surface area contributed by atoms with Crippen LogP contribution in [0.3, 0.4) is 0 Å². The molecule has 0 fully saturated rings. The average Bonchev–Trinajstić information content (AvgIpc) is 3.32. The van der Waals surface area contributed by atoms with E-state index in [0.29, 0.717) is 11.6 Å². The second-order valence-corrected chi connectivity index (χ2v) is 6.77. The van der Waals surface area contributed by atoms with Crippen LogP contribution in [0.4, 0.5) is 0 Å². The number of ether oxygens (including phenoxy) is 1. The van der Waals surface area contributed by atoms with Crippen LogP contribution in [-0.4, -0.2) is 27.0 Å². The van der Waals surface area contributed by atoms with Gasteiger partial charge < -0.3 is 4.74 Å². The summed E-state index contributed by atoms with van der Waals surface area (Å²) in [6.45, 7) is 5.56. The van der Waals surface area contributed by atoms with Crippen molar-refractivity contribution in [2.45, 2.75) is 33.4 Å². The van der Waals surface area contributed by atoms with Gasteiger partial charge in [0.1, 0.15) is 5.69 Å². The van der Waals surface area contributed by atoms with Crippen LogP contribution in [0.5, 0.6) is 0 Å². The Kier molecular flexibility index (Phi) is 4.69. The first-order valence-electron chi connectivity index (χ1n) is 9.33. The van der Waals surface area contributed by atoms with Crippen molar-refractivity contribution in [2.75, 3.05) is 0 Å². The molecule has 0 spiro atoms. The third-order valence-corrected chi connectivity index (χ3v) is 4.91. The molecule has 1 aliphatic rings. The third kappa shape index (κ3) is 3.17. The molecule has 1 aliphatic heterocycles. The lowest BCUT2D eigenvalue weighted by atomic mass is 10.1. The molecule has 2 aromatic carbocycles. The first kappa shape index (κ1) is 18.0. The molecule has 3 aromatic rings. The van der Waals surface area contributed by atoms with Crippen LogP contribution in [0, 0.1) is 6.92 Å². The highest BCUT2D eigenvalue weighted by Gasteiger charge is 2.34. The number of carbonyl (C=O) groups excluding carboxylic acids is 1. The van der Waals surface area contributed by atoms with E-state index < -0.39 is 6.23 Å². The second kappa shape index (κ2) is 7.31. The van der Waals surface area contributed by atoms with Crippen LogP contribution < -0.4 is 0 Å². The summed E-state index contributed by atoms with van der Waals surface area (Å²) in [5.74, 6) is 0.187. The predicted octanol–water partition coefficient (Wildman–Crippen LogP) is 4.19. The number of H-pyrrole nitrogens is 1. The summed E-state index contributed by atoms with van der Waals surface area (Å²) in [4.78, 5) is 12.2. The number of rotatable bonds is 4. The highest BCUT2D eigenvalue weighted by Crippen LogP contribution is 2.32. The molecule has 6 heteroatoms. The maximum absolute atomic E-state index is 12.2. The van der Waals surface area contributed by atoms with Crippen molar-refractivity contribution in [3.05, 3.63) is 77.0 Å². The van der Waals surface area contributed by atoms with E-state index in [2.05, 4.69) is 22.2 Å². The summed E-state index contributed by atoms with van der Waals surface area (Å²) in [5.41, 5.74) is 5.57. The maximum Gasteiger partial charge on any atom is 0.259 e. The normalized spacial score (nSPS) is 16.0. The van der Waals surface area contributed by atoms with Gasteiger partial charge in [-0.1, -0.05) is 61.5 Å². The minimum atomic E-state index is -0.582. The highest BCUT2D eigenvalue weighted by atomic mass is 16.5. The molecule has 1 aromatic heterocycles. The molecule has 142 valence electrons. The van der Waals surface area contributed by atoms with Gasteiger partial charge in [0.25, 0.3) is 5.90 Å². The molecule has 2 heterocycles. The van der Waals surface area contributed by atoms with Crippen molar-refractivity contribution < 1.29 is 9.53 Å².